The Morgan fingerprint density at radius 2 is 1.85 bits per heavy atom. The number of phenols is 1. The van der Waals surface area contributed by atoms with E-state index in [1.165, 1.54) is 0 Å². The molecule has 2 aromatic carbocycles. The van der Waals surface area contributed by atoms with E-state index in [2.05, 4.69) is 24.5 Å². The molecule has 1 aliphatic heterocycles. The van der Waals surface area contributed by atoms with Gasteiger partial charge in [0.1, 0.15) is 19.0 Å². The first kappa shape index (κ1) is 18.0. The molecule has 0 aromatic heterocycles. The van der Waals surface area contributed by atoms with E-state index in [0.29, 0.717) is 41.9 Å². The third-order valence-electron chi connectivity index (χ3n) is 3.97. The standard InChI is InChI=1S/C19H20N2O4S/c1-11(2)12-3-5-15(22)14(9-12)20-19(26)21-18(23)13-4-6-16-17(10-13)25-8-7-24-16/h3-6,9-11,22H,7-8H2,1-2H3,(H2,20,21,23,26). The molecular formula is C19H20N2O4S. The summed E-state index contributed by atoms with van der Waals surface area (Å²) in [7, 11) is 0. The number of ether oxygens (including phenoxy) is 2. The monoisotopic (exact) mass is 372 g/mol. The van der Waals surface area contributed by atoms with Gasteiger partial charge in [-0.25, -0.2) is 0 Å². The summed E-state index contributed by atoms with van der Waals surface area (Å²) in [6, 6.07) is 10.2. The first-order valence-electron chi connectivity index (χ1n) is 8.29. The minimum Gasteiger partial charge on any atom is -0.506 e. The van der Waals surface area contributed by atoms with Crippen molar-refractivity contribution in [2.24, 2.45) is 0 Å². The number of carbonyl (C=O) groups excluding carboxylic acids is 1. The van der Waals surface area contributed by atoms with E-state index in [1.54, 1.807) is 24.3 Å². The maximum Gasteiger partial charge on any atom is 0.257 e. The summed E-state index contributed by atoms with van der Waals surface area (Å²) in [5.41, 5.74) is 1.90. The van der Waals surface area contributed by atoms with E-state index in [0.717, 1.165) is 5.56 Å². The number of phenolic OH excluding ortho intramolecular Hbond substituents is 1. The second kappa shape index (κ2) is 7.61. The molecule has 0 bridgehead atoms. The number of benzene rings is 2. The van der Waals surface area contributed by atoms with Gasteiger partial charge in [0.05, 0.1) is 5.69 Å². The normalized spacial score (nSPS) is 12.6. The van der Waals surface area contributed by atoms with Crippen LogP contribution in [0.4, 0.5) is 5.69 Å². The van der Waals surface area contributed by atoms with Gasteiger partial charge in [-0.05, 0) is 54.0 Å². The summed E-state index contributed by atoms with van der Waals surface area (Å²) >= 11 is 5.19. The minimum atomic E-state index is -0.376. The van der Waals surface area contributed by atoms with Gasteiger partial charge in [0.2, 0.25) is 0 Å². The van der Waals surface area contributed by atoms with E-state index in [9.17, 15) is 9.90 Å². The van der Waals surface area contributed by atoms with Gasteiger partial charge >= 0.3 is 0 Å². The van der Waals surface area contributed by atoms with E-state index >= 15 is 0 Å². The molecule has 26 heavy (non-hydrogen) atoms. The molecule has 136 valence electrons. The quantitative estimate of drug-likeness (QED) is 0.566. The molecule has 1 aliphatic rings. The van der Waals surface area contributed by atoms with Crippen molar-refractivity contribution in [3.8, 4) is 17.2 Å². The number of hydrogen-bond acceptors (Lipinski definition) is 5. The topological polar surface area (TPSA) is 79.8 Å². The second-order valence-electron chi connectivity index (χ2n) is 6.20. The van der Waals surface area contributed by atoms with Gasteiger partial charge < -0.3 is 19.9 Å². The smallest absolute Gasteiger partial charge is 0.257 e. The lowest BCUT2D eigenvalue weighted by Gasteiger charge is -2.19. The van der Waals surface area contributed by atoms with Crippen LogP contribution >= 0.6 is 12.2 Å². The molecule has 0 radical (unpaired) electrons. The van der Waals surface area contributed by atoms with Crippen LogP contribution in [-0.2, 0) is 0 Å². The Morgan fingerprint density at radius 3 is 2.58 bits per heavy atom. The molecule has 0 fully saturated rings. The van der Waals surface area contributed by atoms with Crippen LogP contribution in [0.25, 0.3) is 0 Å². The molecule has 2 aromatic rings. The van der Waals surface area contributed by atoms with Crippen molar-refractivity contribution < 1.29 is 19.4 Å². The third kappa shape index (κ3) is 4.05. The Labute approximate surface area is 157 Å². The summed E-state index contributed by atoms with van der Waals surface area (Å²) in [5.74, 6) is 1.13. The highest BCUT2D eigenvalue weighted by Crippen LogP contribution is 2.31. The van der Waals surface area contributed by atoms with Gasteiger partial charge in [-0.2, -0.15) is 0 Å². The summed E-state index contributed by atoms with van der Waals surface area (Å²) in [4.78, 5) is 12.4. The Hall–Kier alpha value is -2.80. The predicted octanol–water partition coefficient (Wildman–Crippen LogP) is 3.41. The van der Waals surface area contributed by atoms with Crippen molar-refractivity contribution >= 4 is 28.9 Å². The van der Waals surface area contributed by atoms with Crippen molar-refractivity contribution in [1.82, 2.24) is 5.32 Å². The zero-order valence-electron chi connectivity index (χ0n) is 14.5. The third-order valence-corrected chi connectivity index (χ3v) is 4.17. The molecule has 3 N–H and O–H groups in total. The first-order valence-corrected chi connectivity index (χ1v) is 8.70. The molecule has 0 unspecified atom stereocenters. The highest BCUT2D eigenvalue weighted by molar-refractivity contribution is 7.80. The second-order valence-corrected chi connectivity index (χ2v) is 6.61. The predicted molar refractivity (Wildman–Crippen MR) is 103 cm³/mol. The zero-order chi connectivity index (χ0) is 18.7. The SMILES string of the molecule is CC(C)c1ccc(O)c(NC(=S)NC(=O)c2ccc3c(c2)OCCO3)c1. The van der Waals surface area contributed by atoms with Gasteiger partial charge in [-0.15, -0.1) is 0 Å². The van der Waals surface area contributed by atoms with Gasteiger partial charge in [0.25, 0.3) is 5.91 Å². The number of hydrogen-bond donors (Lipinski definition) is 3. The summed E-state index contributed by atoms with van der Waals surface area (Å²) in [6.45, 7) is 5.05. The van der Waals surface area contributed by atoms with Gasteiger partial charge in [-0.1, -0.05) is 19.9 Å². The van der Waals surface area contributed by atoms with Crippen molar-refractivity contribution in [1.29, 1.82) is 0 Å². The fourth-order valence-corrected chi connectivity index (χ4v) is 2.73. The van der Waals surface area contributed by atoms with Crippen molar-refractivity contribution in [2.45, 2.75) is 19.8 Å². The Bertz CT molecular complexity index is 851. The van der Waals surface area contributed by atoms with Crippen LogP contribution in [0.1, 0.15) is 35.7 Å². The van der Waals surface area contributed by atoms with Crippen molar-refractivity contribution in [3.05, 3.63) is 47.5 Å². The highest BCUT2D eigenvalue weighted by atomic mass is 32.1. The number of nitrogens with one attached hydrogen (secondary N) is 2. The van der Waals surface area contributed by atoms with E-state index < -0.39 is 0 Å². The molecule has 0 saturated carbocycles. The fourth-order valence-electron chi connectivity index (χ4n) is 2.53. The number of anilines is 1. The molecule has 0 spiro atoms. The van der Waals surface area contributed by atoms with Gasteiger partial charge in [0.15, 0.2) is 16.6 Å². The maximum atomic E-state index is 12.4. The Balaban J connectivity index is 1.68. The number of thiocarbonyl (C=S) groups is 1. The Kier molecular flexibility index (Phi) is 5.27. The lowest BCUT2D eigenvalue weighted by molar-refractivity contribution is 0.0976. The van der Waals surface area contributed by atoms with Crippen LogP contribution in [0.5, 0.6) is 17.2 Å². The van der Waals surface area contributed by atoms with Crippen LogP contribution in [0.2, 0.25) is 0 Å². The molecule has 6 nitrogen and oxygen atoms in total. The fraction of sp³-hybridized carbons (Fsp3) is 0.263. The lowest BCUT2D eigenvalue weighted by atomic mass is 10.0. The maximum absolute atomic E-state index is 12.4. The van der Waals surface area contributed by atoms with Crippen LogP contribution in [0.3, 0.4) is 0 Å². The molecule has 3 rings (SSSR count). The van der Waals surface area contributed by atoms with Crippen molar-refractivity contribution in [2.75, 3.05) is 18.5 Å². The molecule has 1 heterocycles. The summed E-state index contributed by atoms with van der Waals surface area (Å²) < 4.78 is 10.9. The van der Waals surface area contributed by atoms with Crippen LogP contribution < -0.4 is 20.1 Å². The van der Waals surface area contributed by atoms with Crippen LogP contribution in [0, 0.1) is 0 Å². The number of aromatic hydroxyl groups is 1. The van der Waals surface area contributed by atoms with Gasteiger partial charge in [-0.3, -0.25) is 10.1 Å². The molecule has 7 heteroatoms. The van der Waals surface area contributed by atoms with Crippen molar-refractivity contribution in [3.63, 3.8) is 0 Å². The minimum absolute atomic E-state index is 0.0605. The van der Waals surface area contributed by atoms with Crippen LogP contribution in [-0.4, -0.2) is 29.3 Å². The molecule has 1 amide bonds. The molecule has 0 aliphatic carbocycles. The van der Waals surface area contributed by atoms with E-state index in [1.807, 2.05) is 12.1 Å². The zero-order valence-corrected chi connectivity index (χ0v) is 15.4. The van der Waals surface area contributed by atoms with Gasteiger partial charge in [0, 0.05) is 5.56 Å². The molecule has 0 saturated heterocycles. The summed E-state index contributed by atoms with van der Waals surface area (Å²) in [5, 5.41) is 15.5. The molecular weight excluding hydrogens is 352 g/mol. The van der Waals surface area contributed by atoms with E-state index in [4.69, 9.17) is 21.7 Å². The lowest BCUT2D eigenvalue weighted by Crippen LogP contribution is -2.34. The largest absolute Gasteiger partial charge is 0.506 e. The Morgan fingerprint density at radius 1 is 1.12 bits per heavy atom. The molecule has 0 atom stereocenters. The number of carbonyl (C=O) groups is 1. The van der Waals surface area contributed by atoms with E-state index in [-0.39, 0.29) is 16.8 Å². The number of rotatable bonds is 3. The number of amides is 1. The summed E-state index contributed by atoms with van der Waals surface area (Å²) in [6.07, 6.45) is 0. The average molecular weight is 372 g/mol. The van der Waals surface area contributed by atoms with Crippen LogP contribution in [0.15, 0.2) is 36.4 Å². The average Bonchev–Trinajstić information content (AvgIpc) is 2.62. The highest BCUT2D eigenvalue weighted by Gasteiger charge is 2.16. The first-order chi connectivity index (χ1) is 12.4. The number of fused-ring (bicyclic) bond motifs is 1.